The van der Waals surface area contributed by atoms with E-state index in [0.29, 0.717) is 17.8 Å². The van der Waals surface area contributed by atoms with Crippen molar-refractivity contribution in [2.75, 3.05) is 0 Å². The average Bonchev–Trinajstić information content (AvgIpc) is 3.26. The monoisotopic (exact) mass is 566 g/mol. The van der Waals surface area contributed by atoms with Gasteiger partial charge in [0.25, 0.3) is 0 Å². The van der Waals surface area contributed by atoms with Crippen molar-refractivity contribution in [3.8, 4) is 11.1 Å². The summed E-state index contributed by atoms with van der Waals surface area (Å²) in [5.41, 5.74) is 13.9. The number of fused-ring (bicyclic) bond motifs is 4. The zero-order chi connectivity index (χ0) is 30.3. The Morgan fingerprint density at radius 1 is 0.721 bits per heavy atom. The third kappa shape index (κ3) is 3.94. The Kier molecular flexibility index (Phi) is 6.81. The number of rotatable bonds is 8. The second-order valence-electron chi connectivity index (χ2n) is 14.8. The van der Waals surface area contributed by atoms with Gasteiger partial charge in [0.2, 0.25) is 0 Å². The molecule has 1 atom stereocenters. The highest BCUT2D eigenvalue weighted by atomic mass is 14.5. The minimum Gasteiger partial charge on any atom is -0.0657 e. The summed E-state index contributed by atoms with van der Waals surface area (Å²) in [6, 6.07) is 21.9. The third-order valence-corrected chi connectivity index (χ3v) is 11.7. The quantitative estimate of drug-likeness (QED) is 0.199. The maximum atomic E-state index is 2.78. The summed E-state index contributed by atoms with van der Waals surface area (Å²) < 4.78 is 0. The van der Waals surface area contributed by atoms with E-state index >= 15 is 0 Å². The number of hydrogen-bond donors (Lipinski definition) is 0. The molecule has 0 saturated heterocycles. The van der Waals surface area contributed by atoms with E-state index in [0.717, 1.165) is 12.8 Å². The van der Waals surface area contributed by atoms with Crippen LogP contribution in [0.5, 0.6) is 0 Å². The Hall–Kier alpha value is -3.12. The second-order valence-corrected chi connectivity index (χ2v) is 14.8. The van der Waals surface area contributed by atoms with Gasteiger partial charge in [-0.05, 0) is 128 Å². The van der Waals surface area contributed by atoms with E-state index in [-0.39, 0.29) is 10.8 Å². The lowest BCUT2D eigenvalue weighted by Crippen LogP contribution is -2.30. The van der Waals surface area contributed by atoms with Crippen LogP contribution in [0.4, 0.5) is 0 Å². The minimum absolute atomic E-state index is 0.0650. The van der Waals surface area contributed by atoms with Crippen LogP contribution in [0.25, 0.3) is 32.7 Å². The molecule has 3 aliphatic carbocycles. The summed E-state index contributed by atoms with van der Waals surface area (Å²) in [7, 11) is 0. The smallest absolute Gasteiger partial charge is 0.0443 e. The number of hydrogen-bond acceptors (Lipinski definition) is 0. The van der Waals surface area contributed by atoms with Crippen LogP contribution >= 0.6 is 0 Å². The fourth-order valence-corrected chi connectivity index (χ4v) is 9.50. The van der Waals surface area contributed by atoms with E-state index in [1.165, 1.54) is 63.9 Å². The zero-order valence-corrected chi connectivity index (χ0v) is 27.8. The van der Waals surface area contributed by atoms with Crippen LogP contribution in [0.3, 0.4) is 0 Å². The topological polar surface area (TPSA) is 0 Å². The van der Waals surface area contributed by atoms with Crippen LogP contribution in [-0.2, 0) is 17.3 Å². The van der Waals surface area contributed by atoms with E-state index in [2.05, 4.69) is 122 Å². The molecule has 0 nitrogen and oxygen atoms in total. The van der Waals surface area contributed by atoms with E-state index in [4.69, 9.17) is 0 Å². The lowest BCUT2D eigenvalue weighted by atomic mass is 9.64. The molecule has 1 unspecified atom stereocenters. The lowest BCUT2D eigenvalue weighted by Gasteiger charge is -2.39. The van der Waals surface area contributed by atoms with Gasteiger partial charge >= 0.3 is 0 Å². The van der Waals surface area contributed by atoms with Gasteiger partial charge in [-0.3, -0.25) is 0 Å². The molecule has 222 valence electrons. The predicted molar refractivity (Wildman–Crippen MR) is 187 cm³/mol. The molecule has 4 aromatic rings. The third-order valence-electron chi connectivity index (χ3n) is 11.7. The standard InChI is InChI=1S/C43H50/c1-9-27(10-2)31-22-32(28(11-3)12-4)25-43(24-31)36-20-19-29-15-14-18-35-38(29)39(36)40-37(42(35,7)8)23-34-30(21-26(5)6)16-13-17-33(34)41(40)43/h13-20,22-24,26-28H,9-12,21,25H2,1-8H3. The van der Waals surface area contributed by atoms with Gasteiger partial charge in [0.05, 0.1) is 0 Å². The van der Waals surface area contributed by atoms with Gasteiger partial charge in [-0.2, -0.15) is 0 Å². The molecule has 7 rings (SSSR count). The molecule has 1 spiro atoms. The van der Waals surface area contributed by atoms with Gasteiger partial charge in [0.1, 0.15) is 0 Å². The predicted octanol–water partition coefficient (Wildman–Crippen LogP) is 12.2. The van der Waals surface area contributed by atoms with Crippen molar-refractivity contribution in [2.24, 2.45) is 17.8 Å². The first-order valence-electron chi connectivity index (χ1n) is 17.3. The normalized spacial score (nSPS) is 19.8. The molecular formula is C43H50. The van der Waals surface area contributed by atoms with Crippen molar-refractivity contribution in [3.63, 3.8) is 0 Å². The van der Waals surface area contributed by atoms with Gasteiger partial charge in [0.15, 0.2) is 0 Å². The van der Waals surface area contributed by atoms with E-state index in [9.17, 15) is 0 Å². The van der Waals surface area contributed by atoms with Crippen molar-refractivity contribution in [1.82, 2.24) is 0 Å². The first-order valence-corrected chi connectivity index (χ1v) is 17.3. The van der Waals surface area contributed by atoms with Crippen molar-refractivity contribution in [3.05, 3.63) is 106 Å². The van der Waals surface area contributed by atoms with Gasteiger partial charge in [0, 0.05) is 10.8 Å². The molecule has 0 amide bonds. The first kappa shape index (κ1) is 28.6. The van der Waals surface area contributed by atoms with Crippen molar-refractivity contribution in [1.29, 1.82) is 0 Å². The Morgan fingerprint density at radius 3 is 2.14 bits per heavy atom. The molecule has 0 heteroatoms. The second kappa shape index (κ2) is 10.2. The van der Waals surface area contributed by atoms with Gasteiger partial charge in [-0.25, -0.2) is 0 Å². The molecule has 0 fully saturated rings. The Morgan fingerprint density at radius 2 is 1.44 bits per heavy atom. The van der Waals surface area contributed by atoms with Gasteiger partial charge < -0.3 is 0 Å². The lowest BCUT2D eigenvalue weighted by molar-refractivity contribution is 0.491. The van der Waals surface area contributed by atoms with Crippen molar-refractivity contribution >= 4 is 21.5 Å². The molecule has 0 N–H and O–H groups in total. The summed E-state index contributed by atoms with van der Waals surface area (Å²) in [6.07, 6.45) is 12.5. The number of benzene rings is 4. The number of allylic oxidation sites excluding steroid dienone is 4. The van der Waals surface area contributed by atoms with Crippen LogP contribution < -0.4 is 0 Å². The summed E-state index contributed by atoms with van der Waals surface area (Å²) in [4.78, 5) is 0. The molecule has 0 radical (unpaired) electrons. The maximum absolute atomic E-state index is 2.78. The van der Waals surface area contributed by atoms with Crippen LogP contribution in [0.1, 0.15) is 115 Å². The molecule has 0 aliphatic heterocycles. The summed E-state index contributed by atoms with van der Waals surface area (Å²) in [5, 5.41) is 5.87. The van der Waals surface area contributed by atoms with E-state index in [1.807, 2.05) is 0 Å². The van der Waals surface area contributed by atoms with Crippen LogP contribution in [0.2, 0.25) is 0 Å². The molecule has 4 aromatic carbocycles. The first-order chi connectivity index (χ1) is 20.7. The SMILES string of the molecule is CCC(CC)C1=CC2(CC(C(CC)CC)=C1)c1ccc3cccc4c3c1-c1c(cc3c(CC(C)C)cccc3c12)C4(C)C. The Bertz CT molecular complexity index is 1810. The van der Waals surface area contributed by atoms with Crippen molar-refractivity contribution in [2.45, 2.75) is 105 Å². The molecule has 43 heavy (non-hydrogen) atoms. The molecule has 0 bridgehead atoms. The fourth-order valence-electron chi connectivity index (χ4n) is 9.50. The Labute approximate surface area is 260 Å². The molecule has 0 aromatic heterocycles. The summed E-state index contributed by atoms with van der Waals surface area (Å²) in [5.74, 6) is 1.85. The Balaban J connectivity index is 1.68. The highest BCUT2D eigenvalue weighted by Gasteiger charge is 2.50. The zero-order valence-electron chi connectivity index (χ0n) is 27.8. The molecule has 3 aliphatic rings. The largest absolute Gasteiger partial charge is 0.0657 e. The average molecular weight is 567 g/mol. The van der Waals surface area contributed by atoms with Crippen LogP contribution in [0, 0.1) is 17.8 Å². The molecule has 0 saturated carbocycles. The van der Waals surface area contributed by atoms with Crippen molar-refractivity contribution < 1.29 is 0 Å². The minimum atomic E-state index is -0.137. The molecule has 0 heterocycles. The summed E-state index contributed by atoms with van der Waals surface area (Å²) in [6.45, 7) is 19.3. The summed E-state index contributed by atoms with van der Waals surface area (Å²) >= 11 is 0. The van der Waals surface area contributed by atoms with E-state index < -0.39 is 0 Å². The van der Waals surface area contributed by atoms with Gasteiger partial charge in [-0.15, -0.1) is 0 Å². The highest BCUT2D eigenvalue weighted by molar-refractivity contribution is 6.13. The molecular weight excluding hydrogens is 516 g/mol. The maximum Gasteiger partial charge on any atom is 0.0443 e. The van der Waals surface area contributed by atoms with Gasteiger partial charge in [-0.1, -0.05) is 122 Å². The van der Waals surface area contributed by atoms with Crippen LogP contribution in [-0.4, -0.2) is 0 Å². The highest BCUT2D eigenvalue weighted by Crippen LogP contribution is 2.64. The van der Waals surface area contributed by atoms with Crippen LogP contribution in [0.15, 0.2) is 77.9 Å². The fraction of sp³-hybridized carbons (Fsp3) is 0.442. The van der Waals surface area contributed by atoms with E-state index in [1.54, 1.807) is 33.4 Å².